The van der Waals surface area contributed by atoms with Gasteiger partial charge in [0.2, 0.25) is 5.91 Å². The van der Waals surface area contributed by atoms with Crippen LogP contribution < -0.4 is 10.6 Å². The zero-order valence-corrected chi connectivity index (χ0v) is 27.6. The number of hydrogen-bond acceptors (Lipinski definition) is 3. The fourth-order valence-corrected chi connectivity index (χ4v) is 5.60. The van der Waals surface area contributed by atoms with Gasteiger partial charge in [-0.1, -0.05) is 181 Å². The highest BCUT2D eigenvalue weighted by atomic mass is 16.4. The second-order valence-corrected chi connectivity index (χ2v) is 12.4. The number of aliphatic carboxylic acids is 1. The molecule has 0 bridgehead atoms. The number of carboxylic acid groups (broad SMARTS) is 1. The molecule has 1 amide bonds. The molecule has 242 valence electrons. The molecule has 0 aromatic rings. The van der Waals surface area contributed by atoms with E-state index in [2.05, 4.69) is 31.1 Å². The minimum atomic E-state index is -1.01. The third-order valence-electron chi connectivity index (χ3n) is 8.29. The van der Waals surface area contributed by atoms with Crippen molar-refractivity contribution in [3.05, 3.63) is 12.3 Å². The van der Waals surface area contributed by atoms with Gasteiger partial charge in [-0.15, -0.1) is 0 Å². The number of amides is 1. The molecule has 0 aromatic carbocycles. The lowest BCUT2D eigenvalue weighted by Gasteiger charge is -2.20. The van der Waals surface area contributed by atoms with Crippen molar-refractivity contribution in [2.24, 2.45) is 0 Å². The summed E-state index contributed by atoms with van der Waals surface area (Å²) in [7, 11) is 0. The van der Waals surface area contributed by atoms with Gasteiger partial charge in [0.15, 0.2) is 0 Å². The highest BCUT2D eigenvalue weighted by Crippen LogP contribution is 2.16. The molecule has 0 rings (SSSR count). The van der Waals surface area contributed by atoms with Crippen molar-refractivity contribution >= 4 is 11.9 Å². The van der Waals surface area contributed by atoms with Crippen LogP contribution in [0.2, 0.25) is 0 Å². The summed E-state index contributed by atoms with van der Waals surface area (Å²) in [6.07, 6.45) is 35.8. The second kappa shape index (κ2) is 31.4. The summed E-state index contributed by atoms with van der Waals surface area (Å²) in [5, 5.41) is 14.8. The van der Waals surface area contributed by atoms with Gasteiger partial charge in [0, 0.05) is 5.70 Å². The molecule has 0 aliphatic heterocycles. The molecule has 0 aromatic heterocycles. The normalized spacial score (nSPS) is 11.9. The molecule has 0 saturated heterocycles. The number of hydrogen-bond donors (Lipinski definition) is 3. The fourth-order valence-electron chi connectivity index (χ4n) is 5.60. The number of allylic oxidation sites excluding steroid dienone is 1. The van der Waals surface area contributed by atoms with E-state index in [9.17, 15) is 9.59 Å². The van der Waals surface area contributed by atoms with Crippen LogP contribution in [-0.4, -0.2) is 29.6 Å². The van der Waals surface area contributed by atoms with Crippen LogP contribution in [0.5, 0.6) is 0 Å². The lowest BCUT2D eigenvalue weighted by atomic mass is 10.0. The van der Waals surface area contributed by atoms with Gasteiger partial charge in [0.05, 0.1) is 0 Å². The van der Waals surface area contributed by atoms with Gasteiger partial charge >= 0.3 is 5.97 Å². The van der Waals surface area contributed by atoms with Crippen molar-refractivity contribution in [2.75, 3.05) is 6.54 Å². The summed E-state index contributed by atoms with van der Waals surface area (Å²) in [5.74, 6) is -1.23. The number of carbonyl (C=O) groups excluding carboxylic acids is 1. The Bertz CT molecular complexity index is 608. The first kappa shape index (κ1) is 39.5. The van der Waals surface area contributed by atoms with Crippen molar-refractivity contribution in [3.8, 4) is 0 Å². The average Bonchev–Trinajstić information content (AvgIpc) is 2.96. The lowest BCUT2D eigenvalue weighted by Crippen LogP contribution is -2.45. The topological polar surface area (TPSA) is 78.4 Å². The SMILES string of the molecule is C=C(CCCCCCCCCCCCCCC)NC(CCCCCCCCCCCCCCC)C(=O)NCC(=O)O. The number of carbonyl (C=O) groups is 2. The van der Waals surface area contributed by atoms with Crippen LogP contribution in [0.25, 0.3) is 0 Å². The third kappa shape index (κ3) is 29.8. The predicted octanol–water partition coefficient (Wildman–Crippen LogP) is 10.6. The molecular formula is C36H70N2O3. The van der Waals surface area contributed by atoms with Crippen LogP contribution in [-0.2, 0) is 9.59 Å². The minimum Gasteiger partial charge on any atom is -0.480 e. The van der Waals surface area contributed by atoms with Crippen molar-refractivity contribution in [2.45, 2.75) is 200 Å². The zero-order valence-electron chi connectivity index (χ0n) is 27.6. The molecule has 0 fully saturated rings. The smallest absolute Gasteiger partial charge is 0.322 e. The number of rotatable bonds is 33. The molecular weight excluding hydrogens is 508 g/mol. The highest BCUT2D eigenvalue weighted by Gasteiger charge is 2.18. The molecule has 0 heterocycles. The molecule has 1 atom stereocenters. The molecule has 0 aliphatic carbocycles. The molecule has 1 unspecified atom stereocenters. The number of carboxylic acids is 1. The monoisotopic (exact) mass is 579 g/mol. The molecule has 3 N–H and O–H groups in total. The Morgan fingerprint density at radius 2 is 0.902 bits per heavy atom. The van der Waals surface area contributed by atoms with Crippen molar-refractivity contribution in [1.82, 2.24) is 10.6 Å². The Morgan fingerprint density at radius 3 is 1.27 bits per heavy atom. The van der Waals surface area contributed by atoms with E-state index in [-0.39, 0.29) is 12.5 Å². The maximum absolute atomic E-state index is 12.6. The Balaban J connectivity index is 3.96. The Labute approximate surface area is 255 Å². The first-order valence-electron chi connectivity index (χ1n) is 17.9. The van der Waals surface area contributed by atoms with E-state index in [1.165, 1.54) is 148 Å². The number of nitrogens with one attached hydrogen (secondary N) is 2. The Kier molecular flexibility index (Phi) is 30.3. The highest BCUT2D eigenvalue weighted by molar-refractivity contribution is 5.85. The van der Waals surface area contributed by atoms with Crippen LogP contribution in [0.15, 0.2) is 12.3 Å². The fraction of sp³-hybridized carbons (Fsp3) is 0.889. The van der Waals surface area contributed by atoms with Gasteiger partial charge in [-0.05, 0) is 19.3 Å². The second-order valence-electron chi connectivity index (χ2n) is 12.4. The largest absolute Gasteiger partial charge is 0.480 e. The summed E-state index contributed by atoms with van der Waals surface area (Å²) in [6, 6.07) is -0.392. The maximum atomic E-state index is 12.6. The van der Waals surface area contributed by atoms with Crippen molar-refractivity contribution in [3.63, 3.8) is 0 Å². The van der Waals surface area contributed by atoms with Crippen LogP contribution >= 0.6 is 0 Å². The van der Waals surface area contributed by atoms with E-state index < -0.39 is 12.0 Å². The minimum absolute atomic E-state index is 0.224. The van der Waals surface area contributed by atoms with Gasteiger partial charge in [0.1, 0.15) is 12.6 Å². The molecule has 0 saturated carbocycles. The molecule has 0 spiro atoms. The quantitative estimate of drug-likeness (QED) is 0.0677. The molecule has 0 radical (unpaired) electrons. The average molecular weight is 579 g/mol. The van der Waals surface area contributed by atoms with E-state index in [1.54, 1.807) is 0 Å². The van der Waals surface area contributed by atoms with Crippen molar-refractivity contribution in [1.29, 1.82) is 0 Å². The van der Waals surface area contributed by atoms with E-state index >= 15 is 0 Å². The summed E-state index contributed by atoms with van der Waals surface area (Å²) in [4.78, 5) is 23.6. The van der Waals surface area contributed by atoms with Gasteiger partial charge in [-0.25, -0.2) is 0 Å². The van der Waals surface area contributed by atoms with Crippen molar-refractivity contribution < 1.29 is 14.7 Å². The Morgan fingerprint density at radius 1 is 0.561 bits per heavy atom. The van der Waals surface area contributed by atoms with Gasteiger partial charge in [-0.2, -0.15) is 0 Å². The first-order valence-corrected chi connectivity index (χ1v) is 17.9. The molecule has 41 heavy (non-hydrogen) atoms. The lowest BCUT2D eigenvalue weighted by molar-refractivity contribution is -0.138. The Hall–Kier alpha value is -1.52. The molecule has 0 aliphatic rings. The van der Waals surface area contributed by atoms with Gasteiger partial charge < -0.3 is 15.7 Å². The molecule has 5 heteroatoms. The van der Waals surface area contributed by atoms with E-state index in [4.69, 9.17) is 5.11 Å². The summed E-state index contributed by atoms with van der Waals surface area (Å²) >= 11 is 0. The molecule has 5 nitrogen and oxygen atoms in total. The maximum Gasteiger partial charge on any atom is 0.322 e. The van der Waals surface area contributed by atoms with Gasteiger partial charge in [0.25, 0.3) is 0 Å². The summed E-state index contributed by atoms with van der Waals surface area (Å²) < 4.78 is 0. The van der Waals surface area contributed by atoms with Crippen LogP contribution in [0.1, 0.15) is 194 Å². The standard InChI is InChI=1S/C36H70N2O3/c1-4-6-8-10-12-14-16-18-20-22-24-26-28-30-33(3)38-34(36(41)37-32-35(39)40)31-29-27-25-23-21-19-17-15-13-11-9-7-5-2/h34,38H,3-32H2,1-2H3,(H,37,41)(H,39,40). The van der Waals surface area contributed by atoms with Gasteiger partial charge in [-0.3, -0.25) is 9.59 Å². The van der Waals surface area contributed by atoms with Crippen LogP contribution in [0, 0.1) is 0 Å². The predicted molar refractivity (Wildman–Crippen MR) is 177 cm³/mol. The van der Waals surface area contributed by atoms with E-state index in [0.29, 0.717) is 0 Å². The summed E-state index contributed by atoms with van der Waals surface area (Å²) in [6.45, 7) is 8.38. The van der Waals surface area contributed by atoms with Crippen LogP contribution in [0.3, 0.4) is 0 Å². The zero-order chi connectivity index (χ0) is 30.2. The van der Waals surface area contributed by atoms with E-state index in [1.807, 2.05) is 0 Å². The number of unbranched alkanes of at least 4 members (excludes halogenated alkanes) is 24. The third-order valence-corrected chi connectivity index (χ3v) is 8.29. The summed E-state index contributed by atoms with van der Waals surface area (Å²) in [5.41, 5.74) is 0.901. The first-order chi connectivity index (χ1) is 20.0. The van der Waals surface area contributed by atoms with Crippen LogP contribution in [0.4, 0.5) is 0 Å². The van der Waals surface area contributed by atoms with E-state index in [0.717, 1.165) is 37.8 Å².